The summed E-state index contributed by atoms with van der Waals surface area (Å²) < 4.78 is 0. The molecule has 0 saturated heterocycles. The van der Waals surface area contributed by atoms with Crippen molar-refractivity contribution in [3.05, 3.63) is 53.1 Å². The van der Waals surface area contributed by atoms with E-state index in [1.54, 1.807) is 0 Å². The Hall–Kier alpha value is -1.34. The van der Waals surface area contributed by atoms with Gasteiger partial charge < -0.3 is 5.73 Å². The van der Waals surface area contributed by atoms with Gasteiger partial charge in [0.15, 0.2) is 0 Å². The molecular formula is C13H15N. The second-order valence-corrected chi connectivity index (χ2v) is 3.67. The zero-order valence-electron chi connectivity index (χ0n) is 8.46. The highest BCUT2D eigenvalue weighted by molar-refractivity contribution is 5.74. The first-order chi connectivity index (χ1) is 6.81. The van der Waals surface area contributed by atoms with Gasteiger partial charge in [-0.05, 0) is 35.6 Å². The van der Waals surface area contributed by atoms with Crippen molar-refractivity contribution in [2.75, 3.05) is 0 Å². The SMILES string of the molecule is CC1=C(c2cccc(CN)c2)CC=C1. The van der Waals surface area contributed by atoms with Crippen LogP contribution in [-0.4, -0.2) is 0 Å². The van der Waals surface area contributed by atoms with Crippen molar-refractivity contribution < 1.29 is 0 Å². The van der Waals surface area contributed by atoms with E-state index in [2.05, 4.69) is 43.3 Å². The zero-order chi connectivity index (χ0) is 9.97. The first-order valence-electron chi connectivity index (χ1n) is 4.97. The van der Waals surface area contributed by atoms with Crippen LogP contribution < -0.4 is 5.73 Å². The molecule has 0 aromatic heterocycles. The molecule has 2 N–H and O–H groups in total. The van der Waals surface area contributed by atoms with Gasteiger partial charge in [-0.15, -0.1) is 0 Å². The van der Waals surface area contributed by atoms with Gasteiger partial charge in [-0.2, -0.15) is 0 Å². The summed E-state index contributed by atoms with van der Waals surface area (Å²) in [5, 5.41) is 0. The van der Waals surface area contributed by atoms with E-state index in [4.69, 9.17) is 5.73 Å². The smallest absolute Gasteiger partial charge is 0.0178 e. The molecule has 1 nitrogen and oxygen atoms in total. The van der Waals surface area contributed by atoms with Gasteiger partial charge in [-0.1, -0.05) is 36.4 Å². The molecule has 0 saturated carbocycles. The summed E-state index contributed by atoms with van der Waals surface area (Å²) in [4.78, 5) is 0. The van der Waals surface area contributed by atoms with Crippen molar-refractivity contribution in [1.82, 2.24) is 0 Å². The average molecular weight is 185 g/mol. The number of rotatable bonds is 2. The van der Waals surface area contributed by atoms with Crippen LogP contribution in [0, 0.1) is 0 Å². The Labute approximate surface area is 84.9 Å². The first kappa shape index (κ1) is 9.22. The third-order valence-corrected chi connectivity index (χ3v) is 2.68. The monoisotopic (exact) mass is 185 g/mol. The van der Waals surface area contributed by atoms with E-state index in [0.29, 0.717) is 6.54 Å². The number of hydrogen-bond acceptors (Lipinski definition) is 1. The topological polar surface area (TPSA) is 26.0 Å². The molecular weight excluding hydrogens is 170 g/mol. The molecule has 14 heavy (non-hydrogen) atoms. The highest BCUT2D eigenvalue weighted by Gasteiger charge is 2.07. The quantitative estimate of drug-likeness (QED) is 0.753. The minimum absolute atomic E-state index is 0.619. The van der Waals surface area contributed by atoms with Crippen LogP contribution in [0.5, 0.6) is 0 Å². The van der Waals surface area contributed by atoms with Gasteiger partial charge in [0.1, 0.15) is 0 Å². The Morgan fingerprint density at radius 3 is 2.86 bits per heavy atom. The summed E-state index contributed by atoms with van der Waals surface area (Å²) in [6.45, 7) is 2.78. The maximum atomic E-state index is 5.62. The first-order valence-corrected chi connectivity index (χ1v) is 4.97. The number of allylic oxidation sites excluding steroid dienone is 4. The number of benzene rings is 1. The van der Waals surface area contributed by atoms with Crippen molar-refractivity contribution >= 4 is 5.57 Å². The molecule has 72 valence electrons. The van der Waals surface area contributed by atoms with Crippen molar-refractivity contribution in [2.24, 2.45) is 5.73 Å². The molecule has 1 aliphatic rings. The van der Waals surface area contributed by atoms with Crippen LogP contribution in [0.4, 0.5) is 0 Å². The van der Waals surface area contributed by atoms with Crippen molar-refractivity contribution in [3.63, 3.8) is 0 Å². The van der Waals surface area contributed by atoms with E-state index in [-0.39, 0.29) is 0 Å². The summed E-state index contributed by atoms with van der Waals surface area (Å²) in [6.07, 6.45) is 5.45. The van der Waals surface area contributed by atoms with Crippen LogP contribution in [0.15, 0.2) is 42.0 Å². The predicted molar refractivity (Wildman–Crippen MR) is 60.7 cm³/mol. The van der Waals surface area contributed by atoms with E-state index in [1.807, 2.05) is 0 Å². The third kappa shape index (κ3) is 1.64. The van der Waals surface area contributed by atoms with E-state index in [0.717, 1.165) is 6.42 Å². The molecule has 0 bridgehead atoms. The summed E-state index contributed by atoms with van der Waals surface area (Å²) in [6, 6.07) is 8.49. The maximum absolute atomic E-state index is 5.62. The molecule has 1 aromatic rings. The molecule has 0 fully saturated rings. The Morgan fingerprint density at radius 2 is 2.21 bits per heavy atom. The number of nitrogens with two attached hydrogens (primary N) is 1. The lowest BCUT2D eigenvalue weighted by atomic mass is 10.00. The molecule has 0 heterocycles. The molecule has 0 aliphatic heterocycles. The Balaban J connectivity index is 2.38. The normalized spacial score (nSPS) is 15.3. The van der Waals surface area contributed by atoms with Crippen LogP contribution in [-0.2, 0) is 6.54 Å². The van der Waals surface area contributed by atoms with Crippen LogP contribution in [0.1, 0.15) is 24.5 Å². The van der Waals surface area contributed by atoms with Crippen molar-refractivity contribution in [2.45, 2.75) is 19.9 Å². The summed E-state index contributed by atoms with van der Waals surface area (Å²) in [7, 11) is 0. The van der Waals surface area contributed by atoms with Gasteiger partial charge in [0.25, 0.3) is 0 Å². The zero-order valence-corrected chi connectivity index (χ0v) is 8.46. The largest absolute Gasteiger partial charge is 0.326 e. The highest BCUT2D eigenvalue weighted by atomic mass is 14.5. The maximum Gasteiger partial charge on any atom is 0.0178 e. The Bertz CT molecular complexity index is 399. The van der Waals surface area contributed by atoms with Gasteiger partial charge >= 0.3 is 0 Å². The molecule has 0 spiro atoms. The van der Waals surface area contributed by atoms with Gasteiger partial charge in [-0.3, -0.25) is 0 Å². The average Bonchev–Trinajstić information content (AvgIpc) is 2.65. The fourth-order valence-corrected chi connectivity index (χ4v) is 1.85. The summed E-state index contributed by atoms with van der Waals surface area (Å²) in [5.74, 6) is 0. The Morgan fingerprint density at radius 1 is 1.36 bits per heavy atom. The molecule has 0 unspecified atom stereocenters. The van der Waals surface area contributed by atoms with E-state index >= 15 is 0 Å². The molecule has 1 aromatic carbocycles. The van der Waals surface area contributed by atoms with E-state index in [1.165, 1.54) is 22.3 Å². The molecule has 1 heteroatoms. The van der Waals surface area contributed by atoms with Crippen molar-refractivity contribution in [3.8, 4) is 0 Å². The van der Waals surface area contributed by atoms with Crippen LogP contribution in [0.25, 0.3) is 5.57 Å². The summed E-state index contributed by atoms with van der Waals surface area (Å²) >= 11 is 0. The molecule has 0 radical (unpaired) electrons. The molecule has 0 amide bonds. The predicted octanol–water partition coefficient (Wildman–Crippen LogP) is 2.88. The fourth-order valence-electron chi connectivity index (χ4n) is 1.85. The number of hydrogen-bond donors (Lipinski definition) is 1. The fraction of sp³-hybridized carbons (Fsp3) is 0.231. The van der Waals surface area contributed by atoms with Crippen molar-refractivity contribution in [1.29, 1.82) is 0 Å². The molecule has 2 rings (SSSR count). The highest BCUT2D eigenvalue weighted by Crippen LogP contribution is 2.28. The lowest BCUT2D eigenvalue weighted by Gasteiger charge is -2.06. The lowest BCUT2D eigenvalue weighted by molar-refractivity contribution is 1.07. The standard InChI is InChI=1S/C13H15N/c1-10-4-2-7-13(10)12-6-3-5-11(8-12)9-14/h2-6,8H,7,9,14H2,1H3. The second kappa shape index (κ2) is 3.81. The molecule has 0 atom stereocenters. The minimum Gasteiger partial charge on any atom is -0.326 e. The lowest BCUT2D eigenvalue weighted by Crippen LogP contribution is -1.96. The van der Waals surface area contributed by atoms with Crippen LogP contribution >= 0.6 is 0 Å². The van der Waals surface area contributed by atoms with Crippen LogP contribution in [0.2, 0.25) is 0 Å². The van der Waals surface area contributed by atoms with Gasteiger partial charge in [0, 0.05) is 6.54 Å². The van der Waals surface area contributed by atoms with Crippen LogP contribution in [0.3, 0.4) is 0 Å². The third-order valence-electron chi connectivity index (χ3n) is 2.68. The molecule has 1 aliphatic carbocycles. The minimum atomic E-state index is 0.619. The van der Waals surface area contributed by atoms with Gasteiger partial charge in [0.05, 0.1) is 0 Å². The van der Waals surface area contributed by atoms with E-state index < -0.39 is 0 Å². The van der Waals surface area contributed by atoms with E-state index in [9.17, 15) is 0 Å². The Kier molecular flexibility index (Phi) is 2.51. The van der Waals surface area contributed by atoms with Gasteiger partial charge in [0.2, 0.25) is 0 Å². The van der Waals surface area contributed by atoms with Gasteiger partial charge in [-0.25, -0.2) is 0 Å². The second-order valence-electron chi connectivity index (χ2n) is 3.67. The summed E-state index contributed by atoms with van der Waals surface area (Å²) in [5.41, 5.74) is 10.9.